The second-order valence-corrected chi connectivity index (χ2v) is 5.54. The SMILES string of the molecule is CC(=O)OCC1OC(c2ccccc2)COC1c1ccccc1. The molecule has 0 aliphatic carbocycles. The Morgan fingerprint density at radius 1 is 1.04 bits per heavy atom. The van der Waals surface area contributed by atoms with Gasteiger partial charge in [0.05, 0.1) is 6.61 Å². The van der Waals surface area contributed by atoms with Gasteiger partial charge in [-0.25, -0.2) is 0 Å². The number of rotatable bonds is 4. The van der Waals surface area contributed by atoms with Gasteiger partial charge in [0.2, 0.25) is 0 Å². The minimum Gasteiger partial charge on any atom is -0.463 e. The Balaban J connectivity index is 1.77. The number of ether oxygens (including phenoxy) is 3. The quantitative estimate of drug-likeness (QED) is 0.811. The van der Waals surface area contributed by atoms with Gasteiger partial charge < -0.3 is 14.2 Å². The molecule has 23 heavy (non-hydrogen) atoms. The van der Waals surface area contributed by atoms with Crippen molar-refractivity contribution in [2.45, 2.75) is 25.2 Å². The van der Waals surface area contributed by atoms with Crippen molar-refractivity contribution in [1.82, 2.24) is 0 Å². The average Bonchev–Trinajstić information content (AvgIpc) is 2.61. The first-order valence-electron chi connectivity index (χ1n) is 7.74. The maximum absolute atomic E-state index is 11.2. The molecule has 3 atom stereocenters. The van der Waals surface area contributed by atoms with E-state index in [2.05, 4.69) is 0 Å². The monoisotopic (exact) mass is 312 g/mol. The molecule has 0 amide bonds. The van der Waals surface area contributed by atoms with Crippen molar-refractivity contribution >= 4 is 5.97 Å². The molecule has 120 valence electrons. The van der Waals surface area contributed by atoms with Crippen molar-refractivity contribution < 1.29 is 19.0 Å². The zero-order chi connectivity index (χ0) is 16.1. The Bertz CT molecular complexity index is 626. The topological polar surface area (TPSA) is 44.8 Å². The van der Waals surface area contributed by atoms with E-state index in [1.807, 2.05) is 60.7 Å². The molecule has 1 fully saturated rings. The van der Waals surface area contributed by atoms with Gasteiger partial charge in [0.1, 0.15) is 24.9 Å². The molecule has 1 aliphatic rings. The van der Waals surface area contributed by atoms with Crippen LogP contribution in [0.25, 0.3) is 0 Å². The third kappa shape index (κ3) is 3.97. The zero-order valence-corrected chi connectivity index (χ0v) is 13.1. The molecule has 3 rings (SSSR count). The Morgan fingerprint density at radius 2 is 1.65 bits per heavy atom. The predicted octanol–water partition coefficient (Wildman–Crippen LogP) is 3.45. The predicted molar refractivity (Wildman–Crippen MR) is 85.8 cm³/mol. The highest BCUT2D eigenvalue weighted by atomic mass is 16.6. The maximum atomic E-state index is 11.2. The third-order valence-electron chi connectivity index (χ3n) is 3.85. The molecular weight excluding hydrogens is 292 g/mol. The van der Waals surface area contributed by atoms with E-state index in [4.69, 9.17) is 14.2 Å². The molecule has 2 aromatic carbocycles. The second kappa shape index (κ2) is 7.40. The first-order chi connectivity index (χ1) is 11.2. The van der Waals surface area contributed by atoms with Gasteiger partial charge >= 0.3 is 5.97 Å². The summed E-state index contributed by atoms with van der Waals surface area (Å²) in [6.45, 7) is 2.05. The summed E-state index contributed by atoms with van der Waals surface area (Å²) in [5.41, 5.74) is 2.09. The largest absolute Gasteiger partial charge is 0.463 e. The Kier molecular flexibility index (Phi) is 5.05. The molecule has 0 saturated carbocycles. The summed E-state index contributed by atoms with van der Waals surface area (Å²) in [5, 5.41) is 0. The van der Waals surface area contributed by atoms with E-state index < -0.39 is 0 Å². The molecule has 0 radical (unpaired) electrons. The fourth-order valence-electron chi connectivity index (χ4n) is 2.74. The summed E-state index contributed by atoms with van der Waals surface area (Å²) in [5.74, 6) is -0.317. The van der Waals surface area contributed by atoms with E-state index in [0.29, 0.717) is 6.61 Å². The van der Waals surface area contributed by atoms with Crippen LogP contribution in [0.1, 0.15) is 30.3 Å². The van der Waals surface area contributed by atoms with E-state index in [0.717, 1.165) is 11.1 Å². The highest BCUT2D eigenvalue weighted by Gasteiger charge is 2.34. The fraction of sp³-hybridized carbons (Fsp3) is 0.316. The van der Waals surface area contributed by atoms with Crippen LogP contribution in [-0.2, 0) is 19.0 Å². The summed E-state index contributed by atoms with van der Waals surface area (Å²) in [7, 11) is 0. The Labute approximate surface area is 136 Å². The summed E-state index contributed by atoms with van der Waals surface area (Å²) in [4.78, 5) is 11.2. The van der Waals surface area contributed by atoms with Gasteiger partial charge in [0, 0.05) is 6.92 Å². The van der Waals surface area contributed by atoms with Crippen LogP contribution in [0, 0.1) is 0 Å². The number of hydrogen-bond donors (Lipinski definition) is 0. The van der Waals surface area contributed by atoms with Crippen LogP contribution >= 0.6 is 0 Å². The lowest BCUT2D eigenvalue weighted by molar-refractivity contribution is -0.202. The molecule has 0 bridgehead atoms. The minimum atomic E-state index is -0.333. The van der Waals surface area contributed by atoms with Crippen molar-refractivity contribution in [3.8, 4) is 0 Å². The molecule has 4 nitrogen and oxygen atoms in total. The molecule has 3 unspecified atom stereocenters. The lowest BCUT2D eigenvalue weighted by Crippen LogP contribution is -2.38. The second-order valence-electron chi connectivity index (χ2n) is 5.54. The van der Waals surface area contributed by atoms with Crippen molar-refractivity contribution in [3.05, 3.63) is 71.8 Å². The van der Waals surface area contributed by atoms with E-state index >= 15 is 0 Å². The van der Waals surface area contributed by atoms with E-state index in [-0.39, 0.29) is 30.9 Å². The van der Waals surface area contributed by atoms with Crippen LogP contribution in [0.3, 0.4) is 0 Å². The molecular formula is C19H20O4. The van der Waals surface area contributed by atoms with Crippen LogP contribution in [-0.4, -0.2) is 25.3 Å². The van der Waals surface area contributed by atoms with Gasteiger partial charge in [-0.3, -0.25) is 4.79 Å². The van der Waals surface area contributed by atoms with Gasteiger partial charge in [-0.1, -0.05) is 60.7 Å². The maximum Gasteiger partial charge on any atom is 0.302 e. The van der Waals surface area contributed by atoms with Gasteiger partial charge in [-0.2, -0.15) is 0 Å². The molecule has 2 aromatic rings. The summed E-state index contributed by atoms with van der Waals surface area (Å²) in [6.07, 6.45) is -0.729. The molecule has 1 heterocycles. The standard InChI is InChI=1S/C19H20O4/c1-14(20)21-13-18-19(16-10-6-3-7-11-16)22-12-17(23-18)15-8-4-2-5-9-15/h2-11,17-19H,12-13H2,1H3. The summed E-state index contributed by atoms with van der Waals surface area (Å²) in [6, 6.07) is 19.8. The van der Waals surface area contributed by atoms with Crippen LogP contribution < -0.4 is 0 Å². The summed E-state index contributed by atoms with van der Waals surface area (Å²) >= 11 is 0. The minimum absolute atomic E-state index is 0.156. The van der Waals surface area contributed by atoms with Crippen LogP contribution in [0.5, 0.6) is 0 Å². The molecule has 0 spiro atoms. The van der Waals surface area contributed by atoms with Gasteiger partial charge in [0.15, 0.2) is 0 Å². The van der Waals surface area contributed by atoms with Gasteiger partial charge in [-0.05, 0) is 11.1 Å². The highest BCUT2D eigenvalue weighted by molar-refractivity contribution is 5.65. The number of hydrogen-bond acceptors (Lipinski definition) is 4. The third-order valence-corrected chi connectivity index (χ3v) is 3.85. The first-order valence-corrected chi connectivity index (χ1v) is 7.74. The Hall–Kier alpha value is -2.17. The zero-order valence-electron chi connectivity index (χ0n) is 13.1. The molecule has 1 aliphatic heterocycles. The fourth-order valence-corrected chi connectivity index (χ4v) is 2.74. The molecule has 0 aromatic heterocycles. The molecule has 1 saturated heterocycles. The van der Waals surface area contributed by atoms with Gasteiger partial charge in [-0.15, -0.1) is 0 Å². The van der Waals surface area contributed by atoms with Crippen LogP contribution in [0.4, 0.5) is 0 Å². The lowest BCUT2D eigenvalue weighted by atomic mass is 10.0. The molecule has 0 N–H and O–H groups in total. The average molecular weight is 312 g/mol. The van der Waals surface area contributed by atoms with E-state index in [9.17, 15) is 4.79 Å². The lowest BCUT2D eigenvalue weighted by Gasteiger charge is -2.36. The number of esters is 1. The van der Waals surface area contributed by atoms with Gasteiger partial charge in [0.25, 0.3) is 0 Å². The van der Waals surface area contributed by atoms with Crippen molar-refractivity contribution in [3.63, 3.8) is 0 Å². The van der Waals surface area contributed by atoms with E-state index in [1.165, 1.54) is 6.92 Å². The Morgan fingerprint density at radius 3 is 2.26 bits per heavy atom. The highest BCUT2D eigenvalue weighted by Crippen LogP contribution is 2.34. The van der Waals surface area contributed by atoms with E-state index in [1.54, 1.807) is 0 Å². The summed E-state index contributed by atoms with van der Waals surface area (Å²) < 4.78 is 17.4. The van der Waals surface area contributed by atoms with Crippen molar-refractivity contribution in [2.24, 2.45) is 0 Å². The van der Waals surface area contributed by atoms with Crippen LogP contribution in [0.15, 0.2) is 60.7 Å². The van der Waals surface area contributed by atoms with Crippen molar-refractivity contribution in [2.75, 3.05) is 13.2 Å². The molecule has 4 heteroatoms. The van der Waals surface area contributed by atoms with Crippen LogP contribution in [0.2, 0.25) is 0 Å². The smallest absolute Gasteiger partial charge is 0.302 e. The number of benzene rings is 2. The number of carbonyl (C=O) groups excluding carboxylic acids is 1. The normalized spacial score (nSPS) is 24.1. The number of carbonyl (C=O) groups is 1. The first kappa shape index (κ1) is 15.7. The van der Waals surface area contributed by atoms with Crippen molar-refractivity contribution in [1.29, 1.82) is 0 Å².